The SMILES string of the molecule is C=C(C)C(=O)OCCOc1ccc(-[s+]2c3ccccc3c(=O)c3ccccc32)cc1.C=O. The molecule has 3 aromatic carbocycles. The topological polar surface area (TPSA) is 69.7 Å². The zero-order valence-electron chi connectivity index (χ0n) is 17.7. The average molecular weight is 448 g/mol. The lowest BCUT2D eigenvalue weighted by molar-refractivity contribution is -0.139. The maximum Gasteiger partial charge on any atom is 0.333 e. The second-order valence-corrected chi connectivity index (χ2v) is 8.83. The van der Waals surface area contributed by atoms with Crippen LogP contribution in [0, 0.1) is 0 Å². The van der Waals surface area contributed by atoms with Gasteiger partial charge in [0.25, 0.3) is 0 Å². The third-order valence-corrected chi connectivity index (χ3v) is 7.03. The van der Waals surface area contributed by atoms with E-state index in [2.05, 4.69) is 6.58 Å². The molecule has 1 aromatic heterocycles. The molecule has 1 heterocycles. The van der Waals surface area contributed by atoms with Gasteiger partial charge in [-0.05, 0) is 43.3 Å². The highest BCUT2D eigenvalue weighted by atomic mass is 32.2. The first-order valence-electron chi connectivity index (χ1n) is 9.87. The number of hydrogen-bond donors (Lipinski definition) is 0. The van der Waals surface area contributed by atoms with Gasteiger partial charge in [0.1, 0.15) is 25.8 Å². The van der Waals surface area contributed by atoms with Gasteiger partial charge >= 0.3 is 5.97 Å². The minimum Gasteiger partial charge on any atom is -0.490 e. The summed E-state index contributed by atoms with van der Waals surface area (Å²) in [4.78, 5) is 33.4. The van der Waals surface area contributed by atoms with Gasteiger partial charge in [-0.25, -0.2) is 4.79 Å². The van der Waals surface area contributed by atoms with Crippen molar-refractivity contribution in [3.63, 3.8) is 0 Å². The Kier molecular flexibility index (Phi) is 7.52. The second-order valence-electron chi connectivity index (χ2n) is 6.86. The third-order valence-electron chi connectivity index (χ3n) is 4.70. The summed E-state index contributed by atoms with van der Waals surface area (Å²) in [6.45, 7) is 7.59. The van der Waals surface area contributed by atoms with Crippen LogP contribution in [0.4, 0.5) is 0 Å². The van der Waals surface area contributed by atoms with Gasteiger partial charge in [-0.2, -0.15) is 0 Å². The van der Waals surface area contributed by atoms with Crippen LogP contribution in [-0.4, -0.2) is 26.0 Å². The van der Waals surface area contributed by atoms with Crippen LogP contribution in [0.5, 0.6) is 5.75 Å². The maximum absolute atomic E-state index is 12.9. The largest absolute Gasteiger partial charge is 0.490 e. The van der Waals surface area contributed by atoms with Crippen LogP contribution in [0.15, 0.2) is 89.7 Å². The molecule has 0 amide bonds. The number of rotatable bonds is 6. The lowest BCUT2D eigenvalue weighted by Gasteiger charge is -2.07. The van der Waals surface area contributed by atoms with E-state index in [9.17, 15) is 9.59 Å². The van der Waals surface area contributed by atoms with Crippen LogP contribution >= 0.6 is 10.5 Å². The molecular formula is C26H23O5S+. The van der Waals surface area contributed by atoms with Crippen LogP contribution < -0.4 is 10.2 Å². The molecule has 5 nitrogen and oxygen atoms in total. The normalized spacial score (nSPS) is 10.3. The summed E-state index contributed by atoms with van der Waals surface area (Å²) in [5.74, 6) is 0.280. The minimum absolute atomic E-state index is 0.0780. The zero-order valence-corrected chi connectivity index (χ0v) is 18.5. The van der Waals surface area contributed by atoms with Crippen molar-refractivity contribution in [1.29, 1.82) is 0 Å². The third kappa shape index (κ3) is 4.76. The maximum atomic E-state index is 12.9. The number of ether oxygens (including phenoxy) is 2. The molecule has 0 fully saturated rings. The molecule has 6 heteroatoms. The molecule has 0 aliphatic rings. The molecule has 4 aromatic rings. The Labute approximate surface area is 188 Å². The average Bonchev–Trinajstić information content (AvgIpc) is 2.84. The first kappa shape index (κ1) is 22.9. The van der Waals surface area contributed by atoms with E-state index in [1.165, 1.54) is 0 Å². The van der Waals surface area contributed by atoms with Gasteiger partial charge in [-0.1, -0.05) is 30.8 Å². The van der Waals surface area contributed by atoms with E-state index in [4.69, 9.17) is 14.3 Å². The van der Waals surface area contributed by atoms with Crippen molar-refractivity contribution in [3.05, 3.63) is 95.2 Å². The number of benzene rings is 3. The van der Waals surface area contributed by atoms with Crippen LogP contribution in [0.3, 0.4) is 0 Å². The monoisotopic (exact) mass is 447 g/mol. The van der Waals surface area contributed by atoms with Crippen molar-refractivity contribution in [2.24, 2.45) is 0 Å². The number of hydrogen-bond acceptors (Lipinski definition) is 5. The lowest BCUT2D eigenvalue weighted by Crippen LogP contribution is -2.12. The molecule has 32 heavy (non-hydrogen) atoms. The van der Waals surface area contributed by atoms with E-state index in [1.807, 2.05) is 79.6 Å². The summed E-state index contributed by atoms with van der Waals surface area (Å²) in [6, 6.07) is 23.5. The van der Waals surface area contributed by atoms with Gasteiger partial charge in [-0.3, -0.25) is 4.79 Å². The predicted octanol–water partition coefficient (Wildman–Crippen LogP) is 5.40. The number of carbonyl (C=O) groups excluding carboxylic acids is 2. The van der Waals surface area contributed by atoms with E-state index < -0.39 is 5.97 Å². The molecule has 0 saturated carbocycles. The van der Waals surface area contributed by atoms with Crippen molar-refractivity contribution in [2.75, 3.05) is 13.2 Å². The fourth-order valence-corrected chi connectivity index (χ4v) is 5.61. The van der Waals surface area contributed by atoms with Gasteiger partial charge in [0.15, 0.2) is 14.3 Å². The van der Waals surface area contributed by atoms with Crippen molar-refractivity contribution in [3.8, 4) is 10.6 Å². The fraction of sp³-hybridized carbons (Fsp3) is 0.115. The van der Waals surface area contributed by atoms with Crippen molar-refractivity contribution >= 4 is 43.4 Å². The van der Waals surface area contributed by atoms with Crippen LogP contribution in [0.2, 0.25) is 0 Å². The van der Waals surface area contributed by atoms with E-state index in [1.54, 1.807) is 6.92 Å². The molecule has 0 unspecified atom stereocenters. The summed E-state index contributed by atoms with van der Waals surface area (Å²) in [6.07, 6.45) is 0. The van der Waals surface area contributed by atoms with Crippen LogP contribution in [0.25, 0.3) is 25.1 Å². The highest BCUT2D eigenvalue weighted by Gasteiger charge is 2.22. The first-order chi connectivity index (χ1) is 15.6. The molecule has 4 rings (SSSR count). The van der Waals surface area contributed by atoms with Gasteiger partial charge in [0.2, 0.25) is 5.43 Å². The molecular weight excluding hydrogens is 424 g/mol. The molecule has 0 radical (unpaired) electrons. The van der Waals surface area contributed by atoms with Gasteiger partial charge in [0.05, 0.1) is 10.8 Å². The zero-order chi connectivity index (χ0) is 23.1. The second kappa shape index (κ2) is 10.5. The minimum atomic E-state index is -0.417. The highest BCUT2D eigenvalue weighted by Crippen LogP contribution is 2.43. The fourth-order valence-electron chi connectivity index (χ4n) is 3.27. The quantitative estimate of drug-likeness (QED) is 0.130. The summed E-state index contributed by atoms with van der Waals surface area (Å²) in [5.41, 5.74) is 0.445. The Hall–Kier alpha value is -3.77. The molecule has 0 aliphatic carbocycles. The summed E-state index contributed by atoms with van der Waals surface area (Å²) in [5, 5.41) is 1.53. The Balaban J connectivity index is 0.00000141. The predicted molar refractivity (Wildman–Crippen MR) is 130 cm³/mol. The van der Waals surface area contributed by atoms with E-state index in [0.29, 0.717) is 11.3 Å². The van der Waals surface area contributed by atoms with Crippen molar-refractivity contribution < 1.29 is 19.1 Å². The smallest absolute Gasteiger partial charge is 0.333 e. The Morgan fingerprint density at radius 1 is 0.844 bits per heavy atom. The van der Waals surface area contributed by atoms with E-state index >= 15 is 0 Å². The Morgan fingerprint density at radius 3 is 1.91 bits per heavy atom. The molecule has 0 aliphatic heterocycles. The first-order valence-corrected chi connectivity index (χ1v) is 11.1. The van der Waals surface area contributed by atoms with Crippen molar-refractivity contribution in [1.82, 2.24) is 0 Å². The van der Waals surface area contributed by atoms with Gasteiger partial charge < -0.3 is 14.3 Å². The molecule has 162 valence electrons. The van der Waals surface area contributed by atoms with Crippen LogP contribution in [-0.2, 0) is 14.3 Å². The highest BCUT2D eigenvalue weighted by molar-refractivity contribution is 7.49. The van der Waals surface area contributed by atoms with Crippen molar-refractivity contribution in [2.45, 2.75) is 6.92 Å². The molecule has 0 saturated heterocycles. The summed E-state index contributed by atoms with van der Waals surface area (Å²) in [7, 11) is -0.361. The number of fused-ring (bicyclic) bond motifs is 2. The lowest BCUT2D eigenvalue weighted by atomic mass is 10.2. The molecule has 0 N–H and O–H groups in total. The number of esters is 1. The molecule has 0 spiro atoms. The number of carbonyl (C=O) groups is 2. The Morgan fingerprint density at radius 2 is 1.38 bits per heavy atom. The van der Waals surface area contributed by atoms with Gasteiger partial charge in [0, 0.05) is 28.2 Å². The summed E-state index contributed by atoms with van der Waals surface area (Å²) < 4.78 is 12.8. The van der Waals surface area contributed by atoms with Crippen LogP contribution in [0.1, 0.15) is 6.92 Å². The standard InChI is InChI=1S/C25H21O4S.CH2O/c1-17(2)25(27)29-16-15-28-18-11-13-19(14-12-18)30-22-9-5-3-7-20(22)24(26)21-8-4-6-10-23(21)30;1-2/h3-14H,1,15-16H2,2H3;1H2/q+1;. The van der Waals surface area contributed by atoms with E-state index in [0.717, 1.165) is 25.1 Å². The molecule has 0 bridgehead atoms. The molecule has 0 atom stereocenters. The van der Waals surface area contributed by atoms with Gasteiger partial charge in [-0.15, -0.1) is 0 Å². The summed E-state index contributed by atoms with van der Waals surface area (Å²) >= 11 is 0. The van der Waals surface area contributed by atoms with E-state index in [-0.39, 0.29) is 29.1 Å². The Bertz CT molecular complexity index is 1260.